The van der Waals surface area contributed by atoms with Crippen LogP contribution in [0, 0.1) is 0 Å². The summed E-state index contributed by atoms with van der Waals surface area (Å²) in [6.45, 7) is 1.93. The summed E-state index contributed by atoms with van der Waals surface area (Å²) in [7, 11) is 0. The third-order valence-electron chi connectivity index (χ3n) is 2.51. The van der Waals surface area contributed by atoms with Crippen molar-refractivity contribution < 1.29 is 9.90 Å². The van der Waals surface area contributed by atoms with Crippen molar-refractivity contribution in [2.75, 3.05) is 6.54 Å². The summed E-state index contributed by atoms with van der Waals surface area (Å²) < 4.78 is 0. The SMILES string of the molecule is C[C@@H](O)CNC(=O)C1(N)CCCC1. The zero-order chi connectivity index (χ0) is 9.90. The minimum atomic E-state index is -0.672. The maximum atomic E-state index is 11.5. The Bertz CT molecular complexity index is 186. The second-order valence-electron chi connectivity index (χ2n) is 3.92. The minimum absolute atomic E-state index is 0.120. The largest absolute Gasteiger partial charge is 0.392 e. The molecule has 0 unspecified atom stereocenters. The number of hydrogen-bond acceptors (Lipinski definition) is 3. The molecule has 4 nitrogen and oxygen atoms in total. The number of aliphatic hydroxyl groups excluding tert-OH is 1. The molecule has 1 amide bonds. The lowest BCUT2D eigenvalue weighted by Gasteiger charge is -2.22. The van der Waals surface area contributed by atoms with E-state index in [1.165, 1.54) is 0 Å². The molecule has 0 heterocycles. The lowest BCUT2D eigenvalue weighted by Crippen LogP contribution is -2.53. The van der Waals surface area contributed by atoms with Crippen LogP contribution in [0.25, 0.3) is 0 Å². The first-order chi connectivity index (χ1) is 6.04. The molecule has 0 spiro atoms. The maximum absolute atomic E-state index is 11.5. The maximum Gasteiger partial charge on any atom is 0.240 e. The predicted octanol–water partition coefficient (Wildman–Crippen LogP) is -0.245. The second kappa shape index (κ2) is 4.07. The monoisotopic (exact) mass is 186 g/mol. The van der Waals surface area contributed by atoms with Crippen molar-refractivity contribution in [1.29, 1.82) is 0 Å². The van der Waals surface area contributed by atoms with Crippen molar-refractivity contribution in [3.63, 3.8) is 0 Å². The van der Waals surface area contributed by atoms with Gasteiger partial charge in [-0.05, 0) is 19.8 Å². The molecular weight excluding hydrogens is 168 g/mol. The summed E-state index contributed by atoms with van der Waals surface area (Å²) in [5.74, 6) is -0.120. The summed E-state index contributed by atoms with van der Waals surface area (Å²) in [6, 6.07) is 0. The molecule has 0 bridgehead atoms. The van der Waals surface area contributed by atoms with E-state index in [0.717, 1.165) is 25.7 Å². The molecule has 76 valence electrons. The fourth-order valence-electron chi connectivity index (χ4n) is 1.65. The molecule has 0 aromatic heterocycles. The lowest BCUT2D eigenvalue weighted by molar-refractivity contribution is -0.126. The summed E-state index contributed by atoms with van der Waals surface area (Å²) in [5.41, 5.74) is 5.22. The van der Waals surface area contributed by atoms with E-state index in [1.807, 2.05) is 0 Å². The van der Waals surface area contributed by atoms with Gasteiger partial charge in [0, 0.05) is 6.54 Å². The van der Waals surface area contributed by atoms with Gasteiger partial charge in [0.1, 0.15) is 0 Å². The van der Waals surface area contributed by atoms with Crippen LogP contribution in [0.15, 0.2) is 0 Å². The van der Waals surface area contributed by atoms with Crippen LogP contribution in [-0.2, 0) is 4.79 Å². The van der Waals surface area contributed by atoms with Crippen LogP contribution in [0.5, 0.6) is 0 Å². The predicted molar refractivity (Wildman–Crippen MR) is 50.1 cm³/mol. The fraction of sp³-hybridized carbons (Fsp3) is 0.889. The van der Waals surface area contributed by atoms with Crippen molar-refractivity contribution in [2.45, 2.75) is 44.2 Å². The third-order valence-corrected chi connectivity index (χ3v) is 2.51. The van der Waals surface area contributed by atoms with Crippen LogP contribution >= 0.6 is 0 Å². The molecule has 4 N–H and O–H groups in total. The Balaban J connectivity index is 2.38. The highest BCUT2D eigenvalue weighted by Gasteiger charge is 2.36. The van der Waals surface area contributed by atoms with E-state index in [4.69, 9.17) is 10.8 Å². The van der Waals surface area contributed by atoms with Gasteiger partial charge in [-0.25, -0.2) is 0 Å². The number of nitrogens with one attached hydrogen (secondary N) is 1. The molecule has 1 aliphatic carbocycles. The highest BCUT2D eigenvalue weighted by molar-refractivity contribution is 5.86. The molecule has 0 radical (unpaired) electrons. The van der Waals surface area contributed by atoms with Crippen molar-refractivity contribution in [3.8, 4) is 0 Å². The topological polar surface area (TPSA) is 75.3 Å². The zero-order valence-corrected chi connectivity index (χ0v) is 8.05. The Hall–Kier alpha value is -0.610. The highest BCUT2D eigenvalue weighted by Crippen LogP contribution is 2.26. The summed E-state index contributed by atoms with van der Waals surface area (Å²) in [6.07, 6.45) is 3.07. The van der Waals surface area contributed by atoms with E-state index in [-0.39, 0.29) is 12.5 Å². The van der Waals surface area contributed by atoms with Crippen LogP contribution in [0.3, 0.4) is 0 Å². The molecule has 13 heavy (non-hydrogen) atoms. The number of carbonyl (C=O) groups excluding carboxylic acids is 1. The second-order valence-corrected chi connectivity index (χ2v) is 3.92. The molecular formula is C9H18N2O2. The third kappa shape index (κ3) is 2.67. The van der Waals surface area contributed by atoms with Crippen LogP contribution in [-0.4, -0.2) is 29.2 Å². The van der Waals surface area contributed by atoms with Gasteiger partial charge in [0.15, 0.2) is 0 Å². The average molecular weight is 186 g/mol. The van der Waals surface area contributed by atoms with Crippen LogP contribution in [0.2, 0.25) is 0 Å². The van der Waals surface area contributed by atoms with Crippen molar-refractivity contribution in [1.82, 2.24) is 5.32 Å². The van der Waals surface area contributed by atoms with Crippen molar-refractivity contribution >= 4 is 5.91 Å². The van der Waals surface area contributed by atoms with Gasteiger partial charge in [-0.3, -0.25) is 4.79 Å². The first kappa shape index (κ1) is 10.5. The van der Waals surface area contributed by atoms with Gasteiger partial charge in [0.25, 0.3) is 0 Å². The van der Waals surface area contributed by atoms with E-state index in [1.54, 1.807) is 6.92 Å². The molecule has 1 saturated carbocycles. The normalized spacial score (nSPS) is 22.7. The summed E-state index contributed by atoms with van der Waals surface area (Å²) in [5, 5.41) is 11.6. The van der Waals surface area contributed by atoms with E-state index >= 15 is 0 Å². The van der Waals surface area contributed by atoms with Crippen LogP contribution < -0.4 is 11.1 Å². The lowest BCUT2D eigenvalue weighted by atomic mass is 9.98. The quantitative estimate of drug-likeness (QED) is 0.569. The average Bonchev–Trinajstić information content (AvgIpc) is 2.49. The Labute approximate surface area is 78.5 Å². The van der Waals surface area contributed by atoms with Gasteiger partial charge in [-0.2, -0.15) is 0 Å². The number of rotatable bonds is 3. The first-order valence-electron chi connectivity index (χ1n) is 4.80. The first-order valence-corrected chi connectivity index (χ1v) is 4.80. The number of hydrogen-bond donors (Lipinski definition) is 3. The number of nitrogens with two attached hydrogens (primary N) is 1. The van der Waals surface area contributed by atoms with E-state index in [2.05, 4.69) is 5.32 Å². The number of carbonyl (C=O) groups is 1. The molecule has 4 heteroatoms. The molecule has 1 atom stereocenters. The minimum Gasteiger partial charge on any atom is -0.392 e. The highest BCUT2D eigenvalue weighted by atomic mass is 16.3. The van der Waals surface area contributed by atoms with Crippen molar-refractivity contribution in [3.05, 3.63) is 0 Å². The van der Waals surface area contributed by atoms with Gasteiger partial charge in [0.2, 0.25) is 5.91 Å². The smallest absolute Gasteiger partial charge is 0.240 e. The molecule has 0 aliphatic heterocycles. The molecule has 0 aromatic carbocycles. The van der Waals surface area contributed by atoms with E-state index < -0.39 is 11.6 Å². The zero-order valence-electron chi connectivity index (χ0n) is 8.05. The van der Waals surface area contributed by atoms with E-state index in [9.17, 15) is 4.79 Å². The van der Waals surface area contributed by atoms with Gasteiger partial charge in [0.05, 0.1) is 11.6 Å². The number of amides is 1. The van der Waals surface area contributed by atoms with Crippen LogP contribution in [0.1, 0.15) is 32.6 Å². The summed E-state index contributed by atoms with van der Waals surface area (Å²) >= 11 is 0. The number of aliphatic hydroxyl groups is 1. The Kier molecular flexibility index (Phi) is 3.27. The molecule has 1 fully saturated rings. The molecule has 1 aliphatic rings. The van der Waals surface area contributed by atoms with E-state index in [0.29, 0.717) is 0 Å². The molecule has 1 rings (SSSR count). The van der Waals surface area contributed by atoms with Gasteiger partial charge >= 0.3 is 0 Å². The molecule has 0 saturated heterocycles. The van der Waals surface area contributed by atoms with Gasteiger partial charge < -0.3 is 16.2 Å². The fourth-order valence-corrected chi connectivity index (χ4v) is 1.65. The standard InChI is InChI=1S/C9H18N2O2/c1-7(12)6-11-8(13)9(10)4-2-3-5-9/h7,12H,2-6,10H2,1H3,(H,11,13)/t7-/m1/s1. The Morgan fingerprint density at radius 3 is 2.62 bits per heavy atom. The van der Waals surface area contributed by atoms with Crippen LogP contribution in [0.4, 0.5) is 0 Å². The molecule has 0 aromatic rings. The van der Waals surface area contributed by atoms with Gasteiger partial charge in [-0.1, -0.05) is 12.8 Å². The Morgan fingerprint density at radius 2 is 2.15 bits per heavy atom. The Morgan fingerprint density at radius 1 is 1.62 bits per heavy atom. The van der Waals surface area contributed by atoms with Gasteiger partial charge in [-0.15, -0.1) is 0 Å². The summed E-state index contributed by atoms with van der Waals surface area (Å²) in [4.78, 5) is 11.5. The van der Waals surface area contributed by atoms with Crippen molar-refractivity contribution in [2.24, 2.45) is 5.73 Å².